The summed E-state index contributed by atoms with van der Waals surface area (Å²) in [5.41, 5.74) is 3.88. The van der Waals surface area contributed by atoms with E-state index in [2.05, 4.69) is 44.0 Å². The van der Waals surface area contributed by atoms with Crippen molar-refractivity contribution in [1.29, 1.82) is 0 Å². The molecule has 0 fully saturated rings. The van der Waals surface area contributed by atoms with Crippen LogP contribution in [0.15, 0.2) is 18.2 Å². The molecule has 84 valence electrons. The lowest BCUT2D eigenvalue weighted by molar-refractivity contribution is 0.285. The molecule has 0 spiro atoms. The van der Waals surface area contributed by atoms with Crippen molar-refractivity contribution in [3.63, 3.8) is 0 Å². The SMILES string of the molecule is Cc1cc(C)cc(N(C)CCCCO)c1. The molecule has 2 heteroatoms. The Bertz CT molecular complexity index is 289. The number of rotatable bonds is 5. The average Bonchev–Trinajstić information content (AvgIpc) is 2.16. The first-order valence-electron chi connectivity index (χ1n) is 5.54. The lowest BCUT2D eigenvalue weighted by Gasteiger charge is -2.20. The van der Waals surface area contributed by atoms with Crippen molar-refractivity contribution in [2.75, 3.05) is 25.1 Å². The second-order valence-corrected chi connectivity index (χ2v) is 4.20. The molecule has 1 aromatic rings. The molecule has 1 N–H and O–H groups in total. The second kappa shape index (κ2) is 5.76. The van der Waals surface area contributed by atoms with Gasteiger partial charge >= 0.3 is 0 Å². The van der Waals surface area contributed by atoms with E-state index < -0.39 is 0 Å². The summed E-state index contributed by atoms with van der Waals surface area (Å²) in [6.45, 7) is 5.54. The predicted octanol–water partition coefficient (Wildman–Crippen LogP) is 2.51. The molecule has 15 heavy (non-hydrogen) atoms. The number of unbranched alkanes of at least 4 members (excludes halogenated alkanes) is 1. The number of benzene rings is 1. The van der Waals surface area contributed by atoms with Crippen molar-refractivity contribution in [1.82, 2.24) is 0 Å². The van der Waals surface area contributed by atoms with Gasteiger partial charge < -0.3 is 10.0 Å². The zero-order valence-corrected chi connectivity index (χ0v) is 9.95. The Morgan fingerprint density at radius 2 is 1.67 bits per heavy atom. The van der Waals surface area contributed by atoms with Crippen LogP contribution in [0.2, 0.25) is 0 Å². The molecule has 0 radical (unpaired) electrons. The Hall–Kier alpha value is -1.02. The highest BCUT2D eigenvalue weighted by molar-refractivity contribution is 5.50. The number of aryl methyl sites for hydroxylation is 2. The van der Waals surface area contributed by atoms with Crippen LogP contribution < -0.4 is 4.90 Å². The molecule has 0 aromatic heterocycles. The molecule has 0 heterocycles. The monoisotopic (exact) mass is 207 g/mol. The van der Waals surface area contributed by atoms with Crippen LogP contribution >= 0.6 is 0 Å². The predicted molar refractivity (Wildman–Crippen MR) is 65.5 cm³/mol. The van der Waals surface area contributed by atoms with E-state index in [1.54, 1.807) is 0 Å². The number of hydrogen-bond acceptors (Lipinski definition) is 2. The number of nitrogens with zero attached hydrogens (tertiary/aromatic N) is 1. The van der Waals surface area contributed by atoms with Gasteiger partial charge in [0.15, 0.2) is 0 Å². The lowest BCUT2D eigenvalue weighted by Crippen LogP contribution is -2.18. The first kappa shape index (κ1) is 12.1. The quantitative estimate of drug-likeness (QED) is 0.750. The van der Waals surface area contributed by atoms with E-state index >= 15 is 0 Å². The Kier molecular flexibility index (Phi) is 4.63. The summed E-state index contributed by atoms with van der Waals surface area (Å²) in [5.74, 6) is 0. The van der Waals surface area contributed by atoms with E-state index in [-0.39, 0.29) is 0 Å². The fourth-order valence-electron chi connectivity index (χ4n) is 1.76. The summed E-state index contributed by atoms with van der Waals surface area (Å²) in [6.07, 6.45) is 1.93. The molecule has 1 rings (SSSR count). The van der Waals surface area contributed by atoms with Crippen LogP contribution in [-0.2, 0) is 0 Å². The summed E-state index contributed by atoms with van der Waals surface area (Å²) < 4.78 is 0. The van der Waals surface area contributed by atoms with Crippen LogP contribution in [0.25, 0.3) is 0 Å². The van der Waals surface area contributed by atoms with Gasteiger partial charge in [0.25, 0.3) is 0 Å². The highest BCUT2D eigenvalue weighted by Gasteiger charge is 2.01. The van der Waals surface area contributed by atoms with Gasteiger partial charge in [-0.15, -0.1) is 0 Å². The summed E-state index contributed by atoms with van der Waals surface area (Å²) in [7, 11) is 2.10. The highest BCUT2D eigenvalue weighted by Crippen LogP contribution is 2.17. The van der Waals surface area contributed by atoms with Gasteiger partial charge in [0.1, 0.15) is 0 Å². The zero-order valence-electron chi connectivity index (χ0n) is 9.95. The molecule has 2 nitrogen and oxygen atoms in total. The number of anilines is 1. The van der Waals surface area contributed by atoms with Crippen molar-refractivity contribution in [2.24, 2.45) is 0 Å². The number of aliphatic hydroxyl groups excluding tert-OH is 1. The van der Waals surface area contributed by atoms with Crippen LogP contribution in [0.5, 0.6) is 0 Å². The van der Waals surface area contributed by atoms with E-state index in [0.29, 0.717) is 6.61 Å². The van der Waals surface area contributed by atoms with Gasteiger partial charge in [0.05, 0.1) is 0 Å². The summed E-state index contributed by atoms with van der Waals surface area (Å²) >= 11 is 0. The van der Waals surface area contributed by atoms with Gasteiger partial charge in [-0.1, -0.05) is 6.07 Å². The fraction of sp³-hybridized carbons (Fsp3) is 0.538. The highest BCUT2D eigenvalue weighted by atomic mass is 16.2. The van der Waals surface area contributed by atoms with Crippen LogP contribution in [0.3, 0.4) is 0 Å². The van der Waals surface area contributed by atoms with E-state index in [1.165, 1.54) is 16.8 Å². The van der Waals surface area contributed by atoms with Gasteiger partial charge in [-0.2, -0.15) is 0 Å². The topological polar surface area (TPSA) is 23.5 Å². The minimum atomic E-state index is 0.292. The van der Waals surface area contributed by atoms with Crippen molar-refractivity contribution in [3.05, 3.63) is 29.3 Å². The van der Waals surface area contributed by atoms with Gasteiger partial charge in [-0.3, -0.25) is 0 Å². The maximum atomic E-state index is 8.72. The Balaban J connectivity index is 2.60. The Morgan fingerprint density at radius 3 is 2.20 bits per heavy atom. The molecular weight excluding hydrogens is 186 g/mol. The van der Waals surface area contributed by atoms with Crippen molar-refractivity contribution < 1.29 is 5.11 Å². The van der Waals surface area contributed by atoms with E-state index in [9.17, 15) is 0 Å². The van der Waals surface area contributed by atoms with Crippen LogP contribution in [0.1, 0.15) is 24.0 Å². The maximum Gasteiger partial charge on any atom is 0.0431 e. The first-order chi connectivity index (χ1) is 7.13. The smallest absolute Gasteiger partial charge is 0.0431 e. The molecule has 0 aliphatic rings. The standard InChI is InChI=1S/C13H21NO/c1-11-8-12(2)10-13(9-11)14(3)6-4-5-7-15/h8-10,15H,4-7H2,1-3H3. The zero-order chi connectivity index (χ0) is 11.3. The molecule has 0 aliphatic heterocycles. The van der Waals surface area contributed by atoms with Crippen molar-refractivity contribution in [3.8, 4) is 0 Å². The fourth-order valence-corrected chi connectivity index (χ4v) is 1.76. The van der Waals surface area contributed by atoms with Crippen LogP contribution in [-0.4, -0.2) is 25.3 Å². The minimum Gasteiger partial charge on any atom is -0.396 e. The molecule has 0 aliphatic carbocycles. The number of hydrogen-bond donors (Lipinski definition) is 1. The Morgan fingerprint density at radius 1 is 1.07 bits per heavy atom. The molecule has 0 atom stereocenters. The molecular formula is C13H21NO. The third-order valence-electron chi connectivity index (χ3n) is 2.55. The third-order valence-corrected chi connectivity index (χ3v) is 2.55. The van der Waals surface area contributed by atoms with E-state index in [4.69, 9.17) is 5.11 Å². The maximum absolute atomic E-state index is 8.72. The van der Waals surface area contributed by atoms with E-state index in [1.807, 2.05) is 0 Å². The van der Waals surface area contributed by atoms with Gasteiger partial charge in [0.2, 0.25) is 0 Å². The van der Waals surface area contributed by atoms with E-state index in [0.717, 1.165) is 19.4 Å². The molecule has 0 saturated carbocycles. The average molecular weight is 207 g/mol. The van der Waals surface area contributed by atoms with Crippen molar-refractivity contribution in [2.45, 2.75) is 26.7 Å². The summed E-state index contributed by atoms with van der Waals surface area (Å²) in [6, 6.07) is 6.59. The van der Waals surface area contributed by atoms with Gasteiger partial charge in [-0.05, 0) is 49.9 Å². The molecule has 1 aromatic carbocycles. The summed E-state index contributed by atoms with van der Waals surface area (Å²) in [4.78, 5) is 2.25. The number of aliphatic hydroxyl groups is 1. The third kappa shape index (κ3) is 3.92. The summed E-state index contributed by atoms with van der Waals surface area (Å²) in [5, 5.41) is 8.72. The largest absolute Gasteiger partial charge is 0.396 e. The first-order valence-corrected chi connectivity index (χ1v) is 5.54. The van der Waals surface area contributed by atoms with Crippen LogP contribution in [0, 0.1) is 13.8 Å². The molecule has 0 amide bonds. The van der Waals surface area contributed by atoms with Crippen LogP contribution in [0.4, 0.5) is 5.69 Å². The van der Waals surface area contributed by atoms with Crippen molar-refractivity contribution >= 4 is 5.69 Å². The Labute approximate surface area is 92.5 Å². The second-order valence-electron chi connectivity index (χ2n) is 4.20. The molecule has 0 bridgehead atoms. The minimum absolute atomic E-state index is 0.292. The van der Waals surface area contributed by atoms with Gasteiger partial charge in [0, 0.05) is 25.9 Å². The molecule has 0 saturated heterocycles. The normalized spacial score (nSPS) is 10.4. The molecule has 0 unspecified atom stereocenters. The lowest BCUT2D eigenvalue weighted by atomic mass is 10.1. The van der Waals surface area contributed by atoms with Gasteiger partial charge in [-0.25, -0.2) is 0 Å².